The molecule has 1 amide bonds. The molecule has 1 atom stereocenters. The minimum Gasteiger partial charge on any atom is -0.478 e. The van der Waals surface area contributed by atoms with Gasteiger partial charge in [0.15, 0.2) is 15.7 Å². The first-order chi connectivity index (χ1) is 15.0. The molecule has 4 rings (SSSR count). The Morgan fingerprint density at radius 3 is 2.75 bits per heavy atom. The van der Waals surface area contributed by atoms with Crippen LogP contribution in [-0.4, -0.2) is 52.7 Å². The molecule has 2 aromatic heterocycles. The smallest absolute Gasteiger partial charge is 0.223 e. The van der Waals surface area contributed by atoms with Gasteiger partial charge in [0, 0.05) is 41.3 Å². The fourth-order valence-corrected chi connectivity index (χ4v) is 6.73. The van der Waals surface area contributed by atoms with Gasteiger partial charge in [-0.05, 0) is 40.5 Å². The topological polar surface area (TPSA) is 103 Å². The highest BCUT2D eigenvalue weighted by Gasteiger charge is 2.46. The average molecular weight is 465 g/mol. The average Bonchev–Trinajstić information content (AvgIpc) is 3.06. The van der Waals surface area contributed by atoms with E-state index in [0.29, 0.717) is 43.0 Å². The summed E-state index contributed by atoms with van der Waals surface area (Å²) in [4.78, 5) is 16.9. The summed E-state index contributed by atoms with van der Waals surface area (Å²) < 4.78 is 45.1. The van der Waals surface area contributed by atoms with Crippen LogP contribution in [0.15, 0.2) is 12.3 Å². The zero-order chi connectivity index (χ0) is 23.3. The van der Waals surface area contributed by atoms with Crippen LogP contribution in [0.1, 0.15) is 51.4 Å². The van der Waals surface area contributed by atoms with E-state index in [9.17, 15) is 17.6 Å². The Morgan fingerprint density at radius 2 is 2.12 bits per heavy atom. The summed E-state index contributed by atoms with van der Waals surface area (Å²) in [6.45, 7) is 8.02. The SMILES string of the molecule is CCOc1cc(-c2nn(C(C)C)c3c2CC[C@@H](C(=O)NC2(C)CS(=O)(=O)C2)C3)c(F)cn1. The number of halogens is 1. The van der Waals surface area contributed by atoms with Gasteiger partial charge in [0.25, 0.3) is 0 Å². The summed E-state index contributed by atoms with van der Waals surface area (Å²) in [6.07, 6.45) is 2.79. The summed E-state index contributed by atoms with van der Waals surface area (Å²) in [5.41, 5.74) is 2.06. The second kappa shape index (κ2) is 8.13. The molecule has 0 aromatic carbocycles. The van der Waals surface area contributed by atoms with Gasteiger partial charge < -0.3 is 10.1 Å². The number of hydrogen-bond donors (Lipinski definition) is 1. The fourth-order valence-electron chi connectivity index (χ4n) is 4.73. The number of carbonyl (C=O) groups is 1. The maximum atomic E-state index is 14.7. The van der Waals surface area contributed by atoms with Gasteiger partial charge in [-0.1, -0.05) is 0 Å². The Hall–Kier alpha value is -2.49. The number of pyridine rings is 1. The third kappa shape index (κ3) is 4.24. The van der Waals surface area contributed by atoms with E-state index in [1.54, 1.807) is 13.0 Å². The second-order valence-corrected chi connectivity index (χ2v) is 11.3. The molecule has 2 aromatic rings. The van der Waals surface area contributed by atoms with Crippen LogP contribution in [0, 0.1) is 11.7 Å². The molecule has 3 heterocycles. The van der Waals surface area contributed by atoms with Gasteiger partial charge in [-0.2, -0.15) is 5.10 Å². The van der Waals surface area contributed by atoms with Crippen molar-refractivity contribution in [3.63, 3.8) is 0 Å². The van der Waals surface area contributed by atoms with Crippen molar-refractivity contribution < 1.29 is 22.3 Å². The Morgan fingerprint density at radius 1 is 1.41 bits per heavy atom. The Bertz CT molecular complexity index is 1150. The molecule has 1 fully saturated rings. The molecule has 1 N–H and O–H groups in total. The molecule has 8 nitrogen and oxygen atoms in total. The van der Waals surface area contributed by atoms with Crippen molar-refractivity contribution >= 4 is 15.7 Å². The van der Waals surface area contributed by atoms with E-state index in [1.165, 1.54) is 0 Å². The summed E-state index contributed by atoms with van der Waals surface area (Å²) >= 11 is 0. The molecule has 0 radical (unpaired) electrons. The Balaban J connectivity index is 1.63. The summed E-state index contributed by atoms with van der Waals surface area (Å²) in [6, 6.07) is 1.60. The number of aromatic nitrogens is 3. The second-order valence-electron chi connectivity index (χ2n) is 9.27. The summed E-state index contributed by atoms with van der Waals surface area (Å²) in [5, 5.41) is 7.65. The van der Waals surface area contributed by atoms with Gasteiger partial charge in [0.1, 0.15) is 0 Å². The first-order valence-electron chi connectivity index (χ1n) is 10.9. The largest absolute Gasteiger partial charge is 0.478 e. The molecule has 0 saturated carbocycles. The molecule has 32 heavy (non-hydrogen) atoms. The predicted molar refractivity (Wildman–Crippen MR) is 118 cm³/mol. The number of fused-ring (bicyclic) bond motifs is 1. The van der Waals surface area contributed by atoms with Crippen LogP contribution < -0.4 is 10.1 Å². The normalized spacial score (nSPS) is 21.0. The van der Waals surface area contributed by atoms with Gasteiger partial charge in [-0.25, -0.2) is 17.8 Å². The number of nitrogens with one attached hydrogen (secondary N) is 1. The summed E-state index contributed by atoms with van der Waals surface area (Å²) in [5.74, 6) is -0.606. The van der Waals surface area contributed by atoms with E-state index in [2.05, 4.69) is 10.3 Å². The third-order valence-corrected chi connectivity index (χ3v) is 8.19. The van der Waals surface area contributed by atoms with Gasteiger partial charge in [-0.3, -0.25) is 9.48 Å². The lowest BCUT2D eigenvalue weighted by molar-refractivity contribution is -0.126. The van der Waals surface area contributed by atoms with Gasteiger partial charge in [0.05, 0.1) is 35.5 Å². The van der Waals surface area contributed by atoms with Crippen LogP contribution in [0.2, 0.25) is 0 Å². The van der Waals surface area contributed by atoms with Crippen LogP contribution in [0.25, 0.3) is 11.3 Å². The molecule has 0 unspecified atom stereocenters. The Labute approximate surface area is 187 Å². The van der Waals surface area contributed by atoms with Crippen molar-refractivity contribution in [2.24, 2.45) is 5.92 Å². The van der Waals surface area contributed by atoms with Crippen LogP contribution >= 0.6 is 0 Å². The minimum atomic E-state index is -3.05. The predicted octanol–water partition coefficient (Wildman–Crippen LogP) is 2.47. The van der Waals surface area contributed by atoms with E-state index >= 15 is 0 Å². The van der Waals surface area contributed by atoms with Crippen molar-refractivity contribution in [2.45, 2.75) is 58.5 Å². The monoisotopic (exact) mass is 464 g/mol. The van der Waals surface area contributed by atoms with E-state index < -0.39 is 21.2 Å². The first-order valence-corrected chi connectivity index (χ1v) is 12.8. The quantitative estimate of drug-likeness (QED) is 0.705. The van der Waals surface area contributed by atoms with Gasteiger partial charge in [0.2, 0.25) is 11.8 Å². The van der Waals surface area contributed by atoms with Crippen LogP contribution in [-0.2, 0) is 27.5 Å². The maximum Gasteiger partial charge on any atom is 0.223 e. The molecule has 174 valence electrons. The lowest BCUT2D eigenvalue weighted by Gasteiger charge is -2.39. The lowest BCUT2D eigenvalue weighted by Crippen LogP contribution is -2.64. The maximum absolute atomic E-state index is 14.7. The van der Waals surface area contributed by atoms with Gasteiger partial charge >= 0.3 is 0 Å². The molecule has 0 spiro atoms. The van der Waals surface area contributed by atoms with Crippen molar-refractivity contribution in [1.29, 1.82) is 0 Å². The molecule has 2 aliphatic rings. The lowest BCUT2D eigenvalue weighted by atomic mass is 9.84. The number of nitrogens with zero attached hydrogens (tertiary/aromatic N) is 3. The van der Waals surface area contributed by atoms with Crippen molar-refractivity contribution in [3.8, 4) is 17.1 Å². The molecular weight excluding hydrogens is 435 g/mol. The first kappa shape index (κ1) is 22.7. The molecule has 10 heteroatoms. The molecule has 1 aliphatic heterocycles. The molecular formula is C22H29FN4O4S. The number of amides is 1. The Kier molecular flexibility index (Phi) is 5.77. The summed E-state index contributed by atoms with van der Waals surface area (Å²) in [7, 11) is -3.05. The van der Waals surface area contributed by atoms with Crippen molar-refractivity contribution in [2.75, 3.05) is 18.1 Å². The fraction of sp³-hybridized carbons (Fsp3) is 0.591. The number of carbonyl (C=O) groups excluding carboxylic acids is 1. The zero-order valence-corrected chi connectivity index (χ0v) is 19.6. The van der Waals surface area contributed by atoms with E-state index in [-0.39, 0.29) is 29.4 Å². The van der Waals surface area contributed by atoms with Gasteiger partial charge in [-0.15, -0.1) is 0 Å². The van der Waals surface area contributed by atoms with Crippen molar-refractivity contribution in [1.82, 2.24) is 20.1 Å². The minimum absolute atomic E-state index is 0.0265. The van der Waals surface area contributed by atoms with E-state index in [0.717, 1.165) is 17.5 Å². The van der Waals surface area contributed by atoms with Crippen molar-refractivity contribution in [3.05, 3.63) is 29.3 Å². The van der Waals surface area contributed by atoms with Crippen LogP contribution in [0.3, 0.4) is 0 Å². The van der Waals surface area contributed by atoms with E-state index in [4.69, 9.17) is 9.84 Å². The number of hydrogen-bond acceptors (Lipinski definition) is 6. The van der Waals surface area contributed by atoms with E-state index in [1.807, 2.05) is 25.5 Å². The van der Waals surface area contributed by atoms with Crippen LogP contribution in [0.4, 0.5) is 4.39 Å². The molecule has 0 bridgehead atoms. The third-order valence-electron chi connectivity index (χ3n) is 6.04. The number of rotatable bonds is 6. The zero-order valence-electron chi connectivity index (χ0n) is 18.8. The number of sulfone groups is 1. The highest BCUT2D eigenvalue weighted by molar-refractivity contribution is 7.93. The van der Waals surface area contributed by atoms with Crippen LogP contribution in [0.5, 0.6) is 5.88 Å². The molecule has 1 aliphatic carbocycles. The highest BCUT2D eigenvalue weighted by Crippen LogP contribution is 2.37. The molecule has 1 saturated heterocycles. The highest BCUT2D eigenvalue weighted by atomic mass is 32.2. The standard InChI is InChI=1S/C22H29FN4O4S/c1-5-31-19-9-16(17(23)10-24-19)20-15-7-6-14(8-18(15)27(26-20)13(2)3)21(28)25-22(4)11-32(29,30)12-22/h9-10,13-14H,5-8,11-12H2,1-4H3,(H,25,28)/t14-/m1/s1. The number of ether oxygens (including phenoxy) is 1.